The number of fused-ring (bicyclic) bond motifs is 1. The highest BCUT2D eigenvalue weighted by atomic mass is 35.5. The van der Waals surface area contributed by atoms with E-state index in [0.29, 0.717) is 27.4 Å². The highest BCUT2D eigenvalue weighted by Crippen LogP contribution is 2.18. The normalized spacial score (nSPS) is 10.9. The van der Waals surface area contributed by atoms with Crippen molar-refractivity contribution in [1.82, 2.24) is 20.2 Å². The number of amides is 1. The van der Waals surface area contributed by atoms with Crippen LogP contribution < -0.4 is 21.3 Å². The van der Waals surface area contributed by atoms with Gasteiger partial charge in [0.25, 0.3) is 17.0 Å². The van der Waals surface area contributed by atoms with Crippen molar-refractivity contribution in [2.75, 3.05) is 7.11 Å². The average Bonchev–Trinajstić information content (AvgIpc) is 2.85. The lowest BCUT2D eigenvalue weighted by Crippen LogP contribution is -2.31. The molecule has 10 nitrogen and oxygen atoms in total. The predicted octanol–water partition coefficient (Wildman–Crippen LogP) is 2.68. The molecule has 0 aliphatic carbocycles. The Morgan fingerprint density at radius 1 is 1.23 bits per heavy atom. The van der Waals surface area contributed by atoms with Gasteiger partial charge in [0, 0.05) is 21.5 Å². The second kappa shape index (κ2) is 9.62. The van der Waals surface area contributed by atoms with Crippen LogP contribution in [0.5, 0.6) is 5.75 Å². The van der Waals surface area contributed by atoms with Gasteiger partial charge in [-0.2, -0.15) is 20.1 Å². The summed E-state index contributed by atoms with van der Waals surface area (Å²) in [4.78, 5) is 40.6. The first-order chi connectivity index (χ1) is 16.8. The minimum Gasteiger partial charge on any atom is -0.497 e. The van der Waals surface area contributed by atoms with E-state index >= 15 is 0 Å². The van der Waals surface area contributed by atoms with Crippen molar-refractivity contribution < 1.29 is 9.53 Å². The van der Waals surface area contributed by atoms with Crippen LogP contribution in [0.1, 0.15) is 27.2 Å². The van der Waals surface area contributed by atoms with Gasteiger partial charge in [0.1, 0.15) is 17.4 Å². The number of aromatic nitrogens is 3. The van der Waals surface area contributed by atoms with Gasteiger partial charge >= 0.3 is 0 Å². The number of halogens is 1. The maximum atomic E-state index is 12.8. The molecule has 2 N–H and O–H groups in total. The van der Waals surface area contributed by atoms with Crippen molar-refractivity contribution in [1.29, 1.82) is 5.26 Å². The van der Waals surface area contributed by atoms with Crippen LogP contribution in [0, 0.1) is 18.3 Å². The van der Waals surface area contributed by atoms with E-state index in [9.17, 15) is 19.6 Å². The second-order valence-corrected chi connectivity index (χ2v) is 7.80. The number of rotatable bonds is 5. The summed E-state index contributed by atoms with van der Waals surface area (Å²) in [6.07, 6.45) is 1.19. The highest BCUT2D eigenvalue weighted by Gasteiger charge is 2.20. The molecule has 0 aliphatic heterocycles. The standard InChI is InChI=1S/C24H17ClN6O4/c1-13-19(11-26)24(34)31(17-5-3-16(25)4-6-17)30-21(13)23(33)29-27-12-15-9-14-10-18(35-2)7-8-20(14)28-22(15)32/h3-10,12H,1-2H3,(H,28,32)(H,29,33). The number of nitrogens with zero attached hydrogens (tertiary/aromatic N) is 4. The number of hydrazone groups is 1. The van der Waals surface area contributed by atoms with Crippen LogP contribution in [0.4, 0.5) is 0 Å². The molecule has 0 unspecified atom stereocenters. The molecule has 35 heavy (non-hydrogen) atoms. The van der Waals surface area contributed by atoms with Crippen molar-refractivity contribution >= 4 is 34.6 Å². The number of nitrogens with one attached hydrogen (secondary N) is 2. The number of H-pyrrole nitrogens is 1. The zero-order valence-electron chi connectivity index (χ0n) is 18.5. The summed E-state index contributed by atoms with van der Waals surface area (Å²) in [5.41, 5.74) is 2.04. The molecule has 4 aromatic rings. The van der Waals surface area contributed by atoms with Gasteiger partial charge in [-0.15, -0.1) is 0 Å². The topological polar surface area (TPSA) is 142 Å². The number of hydrogen-bond donors (Lipinski definition) is 2. The van der Waals surface area contributed by atoms with Gasteiger partial charge in [-0.1, -0.05) is 11.6 Å². The third-order valence-electron chi connectivity index (χ3n) is 5.18. The first-order valence-corrected chi connectivity index (χ1v) is 10.5. The van der Waals surface area contributed by atoms with Crippen LogP contribution in [-0.2, 0) is 0 Å². The monoisotopic (exact) mass is 488 g/mol. The number of ether oxygens (including phenoxy) is 1. The summed E-state index contributed by atoms with van der Waals surface area (Å²) < 4.78 is 6.14. The number of nitriles is 1. The van der Waals surface area contributed by atoms with Crippen molar-refractivity contribution in [3.63, 3.8) is 0 Å². The van der Waals surface area contributed by atoms with Gasteiger partial charge in [0.15, 0.2) is 5.69 Å². The van der Waals surface area contributed by atoms with E-state index in [4.69, 9.17) is 16.3 Å². The number of hydrogen-bond acceptors (Lipinski definition) is 7. The van der Waals surface area contributed by atoms with Gasteiger partial charge in [-0.05, 0) is 55.5 Å². The summed E-state index contributed by atoms with van der Waals surface area (Å²) in [5, 5.41) is 18.6. The number of carbonyl (C=O) groups excluding carboxylic acids is 1. The van der Waals surface area contributed by atoms with Crippen LogP contribution in [0.3, 0.4) is 0 Å². The van der Waals surface area contributed by atoms with Crippen molar-refractivity contribution in [3.8, 4) is 17.5 Å². The lowest BCUT2D eigenvalue weighted by molar-refractivity contribution is 0.0947. The number of benzene rings is 2. The van der Waals surface area contributed by atoms with Crippen molar-refractivity contribution in [2.24, 2.45) is 5.10 Å². The van der Waals surface area contributed by atoms with Crippen LogP contribution in [0.25, 0.3) is 16.6 Å². The molecule has 1 amide bonds. The van der Waals surface area contributed by atoms with E-state index in [1.807, 2.05) is 6.07 Å². The van der Waals surface area contributed by atoms with E-state index in [-0.39, 0.29) is 22.4 Å². The van der Waals surface area contributed by atoms with E-state index in [1.165, 1.54) is 32.4 Å². The molecule has 0 saturated carbocycles. The Kier molecular flexibility index (Phi) is 6.44. The first kappa shape index (κ1) is 23.4. The quantitative estimate of drug-likeness (QED) is 0.326. The maximum absolute atomic E-state index is 12.8. The van der Waals surface area contributed by atoms with Gasteiger partial charge in [-0.3, -0.25) is 14.4 Å². The molecule has 0 radical (unpaired) electrons. The fourth-order valence-corrected chi connectivity index (χ4v) is 3.47. The summed E-state index contributed by atoms with van der Waals surface area (Å²) in [6.45, 7) is 1.44. The number of carbonyl (C=O) groups is 1. The Morgan fingerprint density at radius 2 is 1.97 bits per heavy atom. The lowest BCUT2D eigenvalue weighted by Gasteiger charge is -2.10. The summed E-state index contributed by atoms with van der Waals surface area (Å²) in [7, 11) is 1.54. The van der Waals surface area contributed by atoms with Crippen molar-refractivity contribution in [3.05, 3.63) is 96.6 Å². The molecule has 4 rings (SSSR count). The van der Waals surface area contributed by atoms with Crippen LogP contribution in [-0.4, -0.2) is 34.0 Å². The molecular weight excluding hydrogens is 472 g/mol. The molecule has 2 aromatic carbocycles. The highest BCUT2D eigenvalue weighted by molar-refractivity contribution is 6.30. The Labute approximate surface area is 203 Å². The molecule has 2 heterocycles. The minimum atomic E-state index is -0.767. The molecule has 0 bridgehead atoms. The molecule has 0 aliphatic rings. The van der Waals surface area contributed by atoms with Gasteiger partial charge in [0.05, 0.1) is 24.6 Å². The Hall–Kier alpha value is -4.75. The summed E-state index contributed by atoms with van der Waals surface area (Å²) in [6, 6.07) is 14.8. The SMILES string of the molecule is COc1ccc2[nH]c(=O)c(C=NNC(=O)c3nn(-c4ccc(Cl)cc4)c(=O)c(C#N)c3C)cc2c1. The van der Waals surface area contributed by atoms with E-state index < -0.39 is 17.0 Å². The van der Waals surface area contributed by atoms with Gasteiger partial charge < -0.3 is 9.72 Å². The van der Waals surface area contributed by atoms with E-state index in [0.717, 1.165) is 4.68 Å². The maximum Gasteiger partial charge on any atom is 0.292 e. The van der Waals surface area contributed by atoms with Crippen molar-refractivity contribution in [2.45, 2.75) is 6.92 Å². The van der Waals surface area contributed by atoms with Crippen LogP contribution >= 0.6 is 11.6 Å². The lowest BCUT2D eigenvalue weighted by atomic mass is 10.1. The molecule has 2 aromatic heterocycles. The van der Waals surface area contributed by atoms with Gasteiger partial charge in [0.2, 0.25) is 0 Å². The number of pyridine rings is 1. The summed E-state index contributed by atoms with van der Waals surface area (Å²) >= 11 is 5.90. The third-order valence-corrected chi connectivity index (χ3v) is 5.44. The fourth-order valence-electron chi connectivity index (χ4n) is 3.35. The summed E-state index contributed by atoms with van der Waals surface area (Å²) in [5.74, 6) is -0.150. The number of aromatic amines is 1. The smallest absolute Gasteiger partial charge is 0.292 e. The Bertz CT molecular complexity index is 1650. The number of methoxy groups -OCH3 is 1. The molecule has 0 spiro atoms. The molecule has 0 fully saturated rings. The average molecular weight is 489 g/mol. The largest absolute Gasteiger partial charge is 0.497 e. The first-order valence-electron chi connectivity index (χ1n) is 10.2. The zero-order valence-corrected chi connectivity index (χ0v) is 19.3. The van der Waals surface area contributed by atoms with E-state index in [1.54, 1.807) is 36.4 Å². The van der Waals surface area contributed by atoms with Crippen LogP contribution in [0.2, 0.25) is 5.02 Å². The predicted molar refractivity (Wildman–Crippen MR) is 130 cm³/mol. The molecular formula is C24H17ClN6O4. The molecule has 0 saturated heterocycles. The molecule has 174 valence electrons. The second-order valence-electron chi connectivity index (χ2n) is 7.36. The Morgan fingerprint density at radius 3 is 2.66 bits per heavy atom. The Balaban J connectivity index is 1.66. The minimum absolute atomic E-state index is 0.103. The van der Waals surface area contributed by atoms with Crippen LogP contribution in [0.15, 0.2) is 63.2 Å². The molecule has 11 heteroatoms. The fraction of sp³-hybridized carbons (Fsp3) is 0.0833. The third kappa shape index (κ3) is 4.66. The zero-order chi connectivity index (χ0) is 25.1. The molecule has 0 atom stereocenters. The van der Waals surface area contributed by atoms with Gasteiger partial charge in [-0.25, -0.2) is 5.43 Å². The van der Waals surface area contributed by atoms with E-state index in [2.05, 4.69) is 20.6 Å².